The van der Waals surface area contributed by atoms with Crippen LogP contribution in [0.5, 0.6) is 0 Å². The van der Waals surface area contributed by atoms with E-state index in [1.54, 1.807) is 11.1 Å². The van der Waals surface area contributed by atoms with Crippen molar-refractivity contribution in [3.63, 3.8) is 0 Å². The maximum absolute atomic E-state index is 3.89. The summed E-state index contributed by atoms with van der Waals surface area (Å²) in [6.45, 7) is 16.4. The molecule has 0 aromatic heterocycles. The van der Waals surface area contributed by atoms with Crippen LogP contribution in [0.4, 0.5) is 0 Å². The van der Waals surface area contributed by atoms with E-state index in [1.807, 2.05) is 0 Å². The zero-order valence-electron chi connectivity index (χ0n) is 26.4. The average molecular weight is 602 g/mol. The quantitative estimate of drug-likeness (QED) is 0.183. The highest BCUT2D eigenvalue weighted by Gasteiger charge is 2.45. The van der Waals surface area contributed by atoms with E-state index in [9.17, 15) is 0 Å². The summed E-state index contributed by atoms with van der Waals surface area (Å²) < 4.78 is 1.21. The molecular weight excluding hydrogens is 548 g/mol. The van der Waals surface area contributed by atoms with Gasteiger partial charge in [0.15, 0.2) is 0 Å². The molecule has 1 heteroatoms. The molecule has 0 saturated heterocycles. The summed E-state index contributed by atoms with van der Waals surface area (Å²) in [4.78, 5) is 0. The van der Waals surface area contributed by atoms with E-state index in [2.05, 4.69) is 125 Å². The minimum Gasteiger partial charge on any atom is -0.0654 e. The Bertz CT molecular complexity index is 1220. The first kappa shape index (κ1) is 31.1. The maximum atomic E-state index is 3.89. The second-order valence-electron chi connectivity index (χ2n) is 13.6. The number of fused-ring (bicyclic) bond motifs is 3. The highest BCUT2D eigenvalue weighted by Crippen LogP contribution is 2.57. The Morgan fingerprint density at radius 3 is 1.65 bits per heavy atom. The van der Waals surface area contributed by atoms with Crippen LogP contribution in [0.3, 0.4) is 0 Å². The molecule has 1 aliphatic rings. The fraction of sp³-hybridized carbons (Fsp3) is 0.538. The van der Waals surface area contributed by atoms with Crippen LogP contribution < -0.4 is 0 Å². The van der Waals surface area contributed by atoms with Gasteiger partial charge in [-0.1, -0.05) is 158 Å². The van der Waals surface area contributed by atoms with Crippen LogP contribution in [0.15, 0.2) is 65.1 Å². The molecule has 0 spiro atoms. The van der Waals surface area contributed by atoms with Crippen LogP contribution in [-0.2, 0) is 10.8 Å². The van der Waals surface area contributed by atoms with Crippen LogP contribution in [0, 0.1) is 11.8 Å². The lowest BCUT2D eigenvalue weighted by molar-refractivity contribution is 0.266. The smallest absolute Gasteiger partial charge is 0.0221 e. The van der Waals surface area contributed by atoms with E-state index in [0.717, 1.165) is 11.8 Å². The Morgan fingerprint density at radius 1 is 0.650 bits per heavy atom. The highest BCUT2D eigenvalue weighted by atomic mass is 79.9. The van der Waals surface area contributed by atoms with Gasteiger partial charge in [-0.3, -0.25) is 0 Å². The Morgan fingerprint density at radius 2 is 1.15 bits per heavy atom. The molecule has 2 unspecified atom stereocenters. The standard InChI is InChI=1S/C39H53Br/c1-8-12-14-28(10-3)26-39(27-29(11-4)15-13-9-2)36-24-31(30-16-19-32(20-17-30)38(5,6)7)18-22-34(36)35-23-21-33(40)25-37(35)39/h16-25,28-29H,8-15,26-27H2,1-7H3. The second kappa shape index (κ2) is 13.4. The minimum atomic E-state index is 0.0681. The molecule has 0 amide bonds. The largest absolute Gasteiger partial charge is 0.0654 e. The Balaban J connectivity index is 1.89. The van der Waals surface area contributed by atoms with Gasteiger partial charge >= 0.3 is 0 Å². The van der Waals surface area contributed by atoms with E-state index in [0.29, 0.717) is 0 Å². The molecule has 2 atom stereocenters. The fourth-order valence-electron chi connectivity index (χ4n) is 7.21. The molecule has 216 valence electrons. The normalized spacial score (nSPS) is 17.9. The van der Waals surface area contributed by atoms with Gasteiger partial charge < -0.3 is 0 Å². The van der Waals surface area contributed by atoms with Crippen molar-refractivity contribution in [1.29, 1.82) is 0 Å². The third kappa shape index (κ3) is 6.61. The van der Waals surface area contributed by atoms with E-state index in [1.165, 1.54) is 96.5 Å². The molecule has 0 N–H and O–H groups in total. The zero-order chi connectivity index (χ0) is 28.9. The maximum Gasteiger partial charge on any atom is 0.0221 e. The second-order valence-corrected chi connectivity index (χ2v) is 14.5. The average Bonchev–Trinajstić information content (AvgIpc) is 3.20. The summed E-state index contributed by atoms with van der Waals surface area (Å²) in [6.07, 6.45) is 13.0. The van der Waals surface area contributed by atoms with Gasteiger partial charge in [-0.2, -0.15) is 0 Å². The van der Waals surface area contributed by atoms with Gasteiger partial charge in [-0.05, 0) is 87.2 Å². The monoisotopic (exact) mass is 600 g/mol. The fourth-order valence-corrected chi connectivity index (χ4v) is 7.57. The molecule has 0 saturated carbocycles. The number of rotatable bonds is 13. The lowest BCUT2D eigenvalue weighted by atomic mass is 9.65. The number of halogens is 1. The molecule has 0 aliphatic heterocycles. The van der Waals surface area contributed by atoms with Crippen LogP contribution >= 0.6 is 15.9 Å². The van der Waals surface area contributed by atoms with Crippen molar-refractivity contribution >= 4 is 15.9 Å². The van der Waals surface area contributed by atoms with Gasteiger partial charge in [0.1, 0.15) is 0 Å². The van der Waals surface area contributed by atoms with Crippen molar-refractivity contribution in [2.24, 2.45) is 11.8 Å². The van der Waals surface area contributed by atoms with Gasteiger partial charge in [0.25, 0.3) is 0 Å². The summed E-state index contributed by atoms with van der Waals surface area (Å²) >= 11 is 3.89. The summed E-state index contributed by atoms with van der Waals surface area (Å²) in [5, 5.41) is 0. The van der Waals surface area contributed by atoms with Gasteiger partial charge in [-0.15, -0.1) is 0 Å². The minimum absolute atomic E-state index is 0.0681. The molecule has 1 aliphatic carbocycles. The first-order valence-electron chi connectivity index (χ1n) is 16.2. The van der Waals surface area contributed by atoms with E-state index >= 15 is 0 Å². The lowest BCUT2D eigenvalue weighted by Gasteiger charge is -2.39. The van der Waals surface area contributed by atoms with Crippen molar-refractivity contribution < 1.29 is 0 Å². The number of benzene rings is 3. The Labute approximate surface area is 254 Å². The molecule has 0 heterocycles. The molecule has 3 aromatic carbocycles. The predicted molar refractivity (Wildman–Crippen MR) is 180 cm³/mol. The predicted octanol–water partition coefficient (Wildman–Crippen LogP) is 12.9. The Kier molecular flexibility index (Phi) is 10.4. The topological polar surface area (TPSA) is 0 Å². The summed E-state index contributed by atoms with van der Waals surface area (Å²) in [5.41, 5.74) is 10.4. The Hall–Kier alpha value is -1.86. The van der Waals surface area contributed by atoms with Crippen LogP contribution in [0.1, 0.15) is 129 Å². The molecule has 3 aromatic rings. The van der Waals surface area contributed by atoms with Gasteiger partial charge in [0, 0.05) is 9.89 Å². The highest BCUT2D eigenvalue weighted by molar-refractivity contribution is 9.10. The van der Waals surface area contributed by atoms with E-state index < -0.39 is 0 Å². The SMILES string of the molecule is CCCCC(CC)CC1(CC(CC)CCCC)c2cc(Br)ccc2-c2ccc(-c3ccc(C(C)(C)C)cc3)cc21. The lowest BCUT2D eigenvalue weighted by Crippen LogP contribution is -2.31. The van der Waals surface area contributed by atoms with Gasteiger partial charge in [-0.25, -0.2) is 0 Å². The molecule has 0 bridgehead atoms. The summed E-state index contributed by atoms with van der Waals surface area (Å²) in [6, 6.07) is 23.9. The molecule has 0 nitrogen and oxygen atoms in total. The third-order valence-electron chi connectivity index (χ3n) is 9.77. The molecule has 0 fully saturated rings. The molecular formula is C39H53Br. The molecule has 0 radical (unpaired) electrons. The molecule has 4 rings (SSSR count). The van der Waals surface area contributed by atoms with E-state index in [4.69, 9.17) is 0 Å². The van der Waals surface area contributed by atoms with Gasteiger partial charge in [0.05, 0.1) is 0 Å². The third-order valence-corrected chi connectivity index (χ3v) is 10.3. The van der Waals surface area contributed by atoms with Crippen LogP contribution in [0.25, 0.3) is 22.3 Å². The number of unbranched alkanes of at least 4 members (excludes halogenated alkanes) is 2. The van der Waals surface area contributed by atoms with E-state index in [-0.39, 0.29) is 10.8 Å². The van der Waals surface area contributed by atoms with Crippen molar-refractivity contribution in [3.05, 3.63) is 81.8 Å². The van der Waals surface area contributed by atoms with Crippen molar-refractivity contribution in [3.8, 4) is 22.3 Å². The number of hydrogen-bond acceptors (Lipinski definition) is 0. The molecule has 40 heavy (non-hydrogen) atoms. The summed E-state index contributed by atoms with van der Waals surface area (Å²) in [7, 11) is 0. The zero-order valence-corrected chi connectivity index (χ0v) is 28.0. The van der Waals surface area contributed by atoms with Gasteiger partial charge in [0.2, 0.25) is 0 Å². The first-order chi connectivity index (χ1) is 19.2. The number of hydrogen-bond donors (Lipinski definition) is 0. The first-order valence-corrected chi connectivity index (χ1v) is 17.0. The van der Waals surface area contributed by atoms with Crippen LogP contribution in [-0.4, -0.2) is 0 Å². The summed E-state index contributed by atoms with van der Waals surface area (Å²) in [5.74, 6) is 1.49. The van der Waals surface area contributed by atoms with Crippen molar-refractivity contribution in [2.75, 3.05) is 0 Å². The van der Waals surface area contributed by atoms with Crippen LogP contribution in [0.2, 0.25) is 0 Å². The van der Waals surface area contributed by atoms with Crippen molar-refractivity contribution in [2.45, 2.75) is 124 Å². The van der Waals surface area contributed by atoms with Crippen molar-refractivity contribution in [1.82, 2.24) is 0 Å².